The molecule has 1 fully saturated rings. The Bertz CT molecular complexity index is 945. The minimum absolute atomic E-state index is 0.784. The van der Waals surface area contributed by atoms with Crippen LogP contribution in [0.1, 0.15) is 30.0 Å². The molecule has 1 aliphatic rings. The summed E-state index contributed by atoms with van der Waals surface area (Å²) in [6.07, 6.45) is 4.72. The fourth-order valence-corrected chi connectivity index (χ4v) is 3.39. The summed E-state index contributed by atoms with van der Waals surface area (Å²) in [6, 6.07) is 15.0. The first-order valence-electron chi connectivity index (χ1n) is 8.62. The first-order chi connectivity index (χ1) is 11.5. The molecule has 1 aromatic carbocycles. The monoisotopic (exact) mass is 330 g/mol. The number of rotatable bonds is 2. The van der Waals surface area contributed by atoms with Crippen LogP contribution in [0.4, 0.5) is 0 Å². The molecule has 0 unspecified atom stereocenters. The topological polar surface area (TPSA) is 17.3 Å². The van der Waals surface area contributed by atoms with Gasteiger partial charge < -0.3 is 0 Å². The lowest BCUT2D eigenvalue weighted by Crippen LogP contribution is -2.16. The number of aromatic nitrogens is 2. The molecule has 0 radical (unpaired) electrons. The number of benzene rings is 1. The maximum Gasteiger partial charge on any atom is 0.138 e. The molecule has 0 saturated heterocycles. The zero-order valence-electron chi connectivity index (χ0n) is 14.5. The van der Waals surface area contributed by atoms with Crippen molar-refractivity contribution in [2.75, 3.05) is 0 Å². The second-order valence-electron chi connectivity index (χ2n) is 7.63. The molecule has 2 nitrogen and oxygen atoms in total. The van der Waals surface area contributed by atoms with Gasteiger partial charge in [-0.1, -0.05) is 55.9 Å². The van der Waals surface area contributed by atoms with E-state index in [2.05, 4.69) is 66.0 Å². The molecule has 0 aliphatic heterocycles. The van der Waals surface area contributed by atoms with Crippen LogP contribution < -0.4 is 0 Å². The van der Waals surface area contributed by atoms with Crippen LogP contribution in [-0.2, 0) is 0 Å². The normalized spacial score (nSPS) is 14.5. The van der Waals surface area contributed by atoms with Crippen molar-refractivity contribution < 1.29 is 0 Å². The van der Waals surface area contributed by atoms with Gasteiger partial charge in [0.25, 0.3) is 0 Å². The van der Waals surface area contributed by atoms with E-state index < -0.39 is 8.07 Å². The van der Waals surface area contributed by atoms with Gasteiger partial charge in [0.05, 0.1) is 0 Å². The summed E-state index contributed by atoms with van der Waals surface area (Å²) in [6.45, 7) is 6.81. The Morgan fingerprint density at radius 2 is 1.79 bits per heavy atom. The summed E-state index contributed by atoms with van der Waals surface area (Å²) in [5.74, 6) is 4.22. The van der Waals surface area contributed by atoms with Crippen LogP contribution in [0, 0.1) is 11.5 Å². The van der Waals surface area contributed by atoms with Gasteiger partial charge in [-0.3, -0.25) is 4.40 Å². The molecule has 3 heteroatoms. The van der Waals surface area contributed by atoms with E-state index in [-0.39, 0.29) is 0 Å². The second kappa shape index (κ2) is 5.65. The van der Waals surface area contributed by atoms with Crippen LogP contribution >= 0.6 is 0 Å². The zero-order chi connectivity index (χ0) is 16.7. The summed E-state index contributed by atoms with van der Waals surface area (Å²) in [7, 11) is -1.44. The fraction of sp³-hybridized carbons (Fsp3) is 0.286. The van der Waals surface area contributed by atoms with Crippen LogP contribution in [0.3, 0.4) is 0 Å². The van der Waals surface area contributed by atoms with Crippen molar-refractivity contribution in [3.8, 4) is 22.7 Å². The number of hydrogen-bond acceptors (Lipinski definition) is 1. The van der Waals surface area contributed by atoms with Crippen LogP contribution in [0.25, 0.3) is 16.9 Å². The molecule has 120 valence electrons. The molecular weight excluding hydrogens is 308 g/mol. The Balaban J connectivity index is 1.85. The Kier molecular flexibility index (Phi) is 3.58. The molecule has 24 heavy (non-hydrogen) atoms. The van der Waals surface area contributed by atoms with Gasteiger partial charge in [-0.15, -0.1) is 5.54 Å². The van der Waals surface area contributed by atoms with Crippen LogP contribution in [0.15, 0.2) is 48.7 Å². The maximum atomic E-state index is 4.85. The average molecular weight is 331 g/mol. The van der Waals surface area contributed by atoms with Crippen molar-refractivity contribution in [3.05, 3.63) is 59.9 Å². The molecule has 2 aromatic heterocycles. The van der Waals surface area contributed by atoms with E-state index in [1.165, 1.54) is 18.4 Å². The van der Waals surface area contributed by atoms with Gasteiger partial charge in [-0.05, 0) is 36.5 Å². The van der Waals surface area contributed by atoms with E-state index in [9.17, 15) is 0 Å². The number of imidazole rings is 1. The van der Waals surface area contributed by atoms with Crippen molar-refractivity contribution in [2.24, 2.45) is 0 Å². The van der Waals surface area contributed by atoms with Gasteiger partial charge in [-0.2, -0.15) is 0 Å². The lowest BCUT2D eigenvalue weighted by molar-refractivity contribution is 1.13. The summed E-state index contributed by atoms with van der Waals surface area (Å²) >= 11 is 0. The lowest BCUT2D eigenvalue weighted by atomic mass is 10.1. The van der Waals surface area contributed by atoms with E-state index in [0.29, 0.717) is 0 Å². The highest BCUT2D eigenvalue weighted by Crippen LogP contribution is 2.40. The van der Waals surface area contributed by atoms with E-state index in [4.69, 9.17) is 4.98 Å². The molecule has 4 rings (SSSR count). The Labute approximate surface area is 144 Å². The van der Waals surface area contributed by atoms with E-state index >= 15 is 0 Å². The smallest absolute Gasteiger partial charge is 0.138 e. The molecule has 1 saturated carbocycles. The Morgan fingerprint density at radius 1 is 1.04 bits per heavy atom. The first-order valence-corrected chi connectivity index (χ1v) is 12.1. The Morgan fingerprint density at radius 3 is 2.46 bits per heavy atom. The van der Waals surface area contributed by atoms with Gasteiger partial charge in [0.15, 0.2) is 0 Å². The van der Waals surface area contributed by atoms with Gasteiger partial charge in [-0.25, -0.2) is 4.98 Å². The highest BCUT2D eigenvalue weighted by molar-refractivity contribution is 6.83. The average Bonchev–Trinajstić information content (AvgIpc) is 3.34. The van der Waals surface area contributed by atoms with Gasteiger partial charge in [0.2, 0.25) is 0 Å². The summed E-state index contributed by atoms with van der Waals surface area (Å²) in [4.78, 5) is 4.85. The molecule has 0 atom stereocenters. The van der Waals surface area contributed by atoms with E-state index in [1.807, 2.05) is 18.2 Å². The summed E-state index contributed by atoms with van der Waals surface area (Å²) in [5, 5.41) is 0. The van der Waals surface area contributed by atoms with Crippen LogP contribution in [0.2, 0.25) is 19.6 Å². The minimum Gasteiger partial charge on any atom is -0.292 e. The highest BCUT2D eigenvalue weighted by atomic mass is 28.3. The third kappa shape index (κ3) is 3.02. The Hall–Kier alpha value is -2.31. The molecule has 0 spiro atoms. The van der Waals surface area contributed by atoms with Crippen LogP contribution in [0.5, 0.6) is 0 Å². The molecule has 0 amide bonds. The second-order valence-corrected chi connectivity index (χ2v) is 12.4. The molecule has 2 heterocycles. The standard InChI is InChI=1S/C21H22N2Si/c1-24(2,3)15-13-19-21(22-20-6-4-5-14-23(19)20)18-11-9-17(10-12-18)16-7-8-16/h4-6,9-12,14,16H,7-8H2,1-3H3. The van der Waals surface area contributed by atoms with Crippen molar-refractivity contribution >= 4 is 13.7 Å². The van der Waals surface area contributed by atoms with E-state index in [0.717, 1.165) is 28.5 Å². The minimum atomic E-state index is -1.44. The van der Waals surface area contributed by atoms with Gasteiger partial charge in [0, 0.05) is 11.8 Å². The number of hydrogen-bond donors (Lipinski definition) is 0. The maximum absolute atomic E-state index is 4.85. The highest BCUT2D eigenvalue weighted by Gasteiger charge is 2.23. The number of pyridine rings is 1. The first kappa shape index (κ1) is 15.2. The number of nitrogens with zero attached hydrogens (tertiary/aromatic N) is 2. The quantitative estimate of drug-likeness (QED) is 0.471. The summed E-state index contributed by atoms with van der Waals surface area (Å²) in [5.41, 5.74) is 9.06. The van der Waals surface area contributed by atoms with Crippen molar-refractivity contribution in [3.63, 3.8) is 0 Å². The van der Waals surface area contributed by atoms with Crippen LogP contribution in [-0.4, -0.2) is 17.5 Å². The van der Waals surface area contributed by atoms with Crippen molar-refractivity contribution in [1.29, 1.82) is 0 Å². The fourth-order valence-electron chi connectivity index (χ4n) is 2.89. The predicted octanol–water partition coefficient (Wildman–Crippen LogP) is 5.11. The zero-order valence-corrected chi connectivity index (χ0v) is 15.5. The molecular formula is C21H22N2Si. The van der Waals surface area contributed by atoms with Gasteiger partial charge >= 0.3 is 0 Å². The number of fused-ring (bicyclic) bond motifs is 1. The molecule has 3 aromatic rings. The van der Waals surface area contributed by atoms with E-state index in [1.54, 1.807) is 0 Å². The summed E-state index contributed by atoms with van der Waals surface area (Å²) < 4.78 is 2.11. The molecule has 1 aliphatic carbocycles. The van der Waals surface area contributed by atoms with Gasteiger partial charge in [0.1, 0.15) is 25.1 Å². The van der Waals surface area contributed by atoms with Crippen molar-refractivity contribution in [1.82, 2.24) is 9.38 Å². The van der Waals surface area contributed by atoms with Crippen molar-refractivity contribution in [2.45, 2.75) is 38.4 Å². The third-order valence-electron chi connectivity index (χ3n) is 4.32. The lowest BCUT2D eigenvalue weighted by Gasteiger charge is -2.05. The molecule has 0 N–H and O–H groups in total. The SMILES string of the molecule is C[Si](C)(C)C#Cc1c(-c2ccc(C3CC3)cc2)nc2ccccn12. The predicted molar refractivity (Wildman–Crippen MR) is 103 cm³/mol. The third-order valence-corrected chi connectivity index (χ3v) is 5.19. The molecule has 0 bridgehead atoms. The largest absolute Gasteiger partial charge is 0.292 e.